The lowest BCUT2D eigenvalue weighted by molar-refractivity contribution is -0.383. The van der Waals surface area contributed by atoms with Crippen molar-refractivity contribution in [2.75, 3.05) is 0 Å². The van der Waals surface area contributed by atoms with Gasteiger partial charge in [0.05, 0.1) is 22.4 Å². The highest BCUT2D eigenvalue weighted by molar-refractivity contribution is 5.96. The van der Waals surface area contributed by atoms with E-state index in [0.717, 1.165) is 22.8 Å². The maximum absolute atomic E-state index is 12.6. The molecule has 3 aromatic rings. The number of carboxylic acids is 1. The van der Waals surface area contributed by atoms with Gasteiger partial charge >= 0.3 is 12.3 Å². The third kappa shape index (κ3) is 4.18. The number of aromatic carboxylic acids is 1. The Morgan fingerprint density at radius 2 is 1.83 bits per heavy atom. The average Bonchev–Trinajstić information content (AvgIpc) is 2.63. The second-order valence-corrected chi connectivity index (χ2v) is 5.91. The molecule has 0 spiro atoms. The van der Waals surface area contributed by atoms with E-state index >= 15 is 0 Å². The van der Waals surface area contributed by atoms with E-state index in [9.17, 15) is 38.0 Å². The fourth-order valence-corrected chi connectivity index (χ4v) is 2.83. The molecule has 0 saturated heterocycles. The molecule has 11 heteroatoms. The highest BCUT2D eigenvalue weighted by Crippen LogP contribution is 2.26. The zero-order valence-electron chi connectivity index (χ0n) is 14.3. The van der Waals surface area contributed by atoms with E-state index in [0.29, 0.717) is 5.56 Å². The van der Waals surface area contributed by atoms with Crippen LogP contribution in [0.4, 0.5) is 18.9 Å². The van der Waals surface area contributed by atoms with Crippen molar-refractivity contribution in [2.45, 2.75) is 12.9 Å². The number of nitro benzene ring substituents is 1. The minimum Gasteiger partial charge on any atom is -0.477 e. The first-order valence-corrected chi connectivity index (χ1v) is 7.96. The van der Waals surface area contributed by atoms with Crippen molar-refractivity contribution in [3.63, 3.8) is 0 Å². The molecule has 3 rings (SSSR count). The van der Waals surface area contributed by atoms with Gasteiger partial charge in [-0.2, -0.15) is 0 Å². The molecule has 0 bridgehead atoms. The quantitative estimate of drug-likeness (QED) is 0.510. The molecule has 29 heavy (non-hydrogen) atoms. The number of nitro groups is 1. The number of halogens is 3. The van der Waals surface area contributed by atoms with Crippen molar-refractivity contribution in [2.24, 2.45) is 0 Å². The minimum atomic E-state index is -4.86. The first-order chi connectivity index (χ1) is 13.6. The van der Waals surface area contributed by atoms with Gasteiger partial charge in [-0.15, -0.1) is 13.2 Å². The number of nitrogens with zero attached hydrogens (tertiary/aromatic N) is 2. The first-order valence-electron chi connectivity index (χ1n) is 7.96. The fourth-order valence-electron chi connectivity index (χ4n) is 2.83. The molecule has 2 aromatic carbocycles. The van der Waals surface area contributed by atoms with E-state index in [1.807, 2.05) is 0 Å². The Kier molecular flexibility index (Phi) is 4.97. The third-order valence-corrected chi connectivity index (χ3v) is 4.04. The summed E-state index contributed by atoms with van der Waals surface area (Å²) in [5.41, 5.74) is -1.47. The third-order valence-electron chi connectivity index (χ3n) is 4.04. The van der Waals surface area contributed by atoms with Crippen LogP contribution in [0.25, 0.3) is 10.9 Å². The molecule has 0 fully saturated rings. The van der Waals surface area contributed by atoms with Gasteiger partial charge in [0, 0.05) is 6.07 Å². The van der Waals surface area contributed by atoms with Crippen LogP contribution in [0.3, 0.4) is 0 Å². The predicted octanol–water partition coefficient (Wildman–Crippen LogP) is 3.55. The number of aromatic nitrogens is 1. The van der Waals surface area contributed by atoms with Crippen LogP contribution in [0.15, 0.2) is 53.3 Å². The van der Waals surface area contributed by atoms with Crippen molar-refractivity contribution < 1.29 is 32.7 Å². The Hall–Kier alpha value is -3.89. The lowest BCUT2D eigenvalue weighted by atomic mass is 10.1. The van der Waals surface area contributed by atoms with Gasteiger partial charge in [-0.25, -0.2) is 4.79 Å². The lowest BCUT2D eigenvalue weighted by Gasteiger charge is -2.13. The number of rotatable bonds is 5. The van der Waals surface area contributed by atoms with Gasteiger partial charge in [0.1, 0.15) is 11.3 Å². The van der Waals surface area contributed by atoms with Gasteiger partial charge < -0.3 is 14.4 Å². The van der Waals surface area contributed by atoms with E-state index in [1.165, 1.54) is 30.3 Å². The standard InChI is InChI=1S/C18H11F3N2O6/c19-18(20,21)29-11-6-4-10(5-7-11)9-22-14-2-1-3-15(23(27)28)12(14)8-13(16(22)24)17(25)26/h1-8H,9H2,(H,25,26). The largest absolute Gasteiger partial charge is 0.573 e. The molecule has 0 aliphatic carbocycles. The number of carboxylic acid groups (broad SMARTS) is 1. The van der Waals surface area contributed by atoms with Gasteiger partial charge in [-0.05, 0) is 29.8 Å². The summed E-state index contributed by atoms with van der Waals surface area (Å²) < 4.78 is 41.6. The van der Waals surface area contributed by atoms with Gasteiger partial charge in [-0.1, -0.05) is 18.2 Å². The fraction of sp³-hybridized carbons (Fsp3) is 0.111. The first kappa shape index (κ1) is 19.9. The second-order valence-electron chi connectivity index (χ2n) is 5.91. The van der Waals surface area contributed by atoms with Crippen molar-refractivity contribution in [1.82, 2.24) is 4.57 Å². The zero-order valence-corrected chi connectivity index (χ0v) is 14.3. The molecular weight excluding hydrogens is 397 g/mol. The molecule has 0 unspecified atom stereocenters. The normalized spacial score (nSPS) is 11.4. The van der Waals surface area contributed by atoms with Crippen LogP contribution in [0.2, 0.25) is 0 Å². The van der Waals surface area contributed by atoms with E-state index < -0.39 is 34.1 Å². The van der Waals surface area contributed by atoms with Gasteiger partial charge in [-0.3, -0.25) is 14.9 Å². The van der Waals surface area contributed by atoms with E-state index in [-0.39, 0.29) is 23.1 Å². The molecule has 0 radical (unpaired) electrons. The highest BCUT2D eigenvalue weighted by Gasteiger charge is 2.31. The summed E-state index contributed by atoms with van der Waals surface area (Å²) in [5, 5.41) is 20.5. The lowest BCUT2D eigenvalue weighted by Crippen LogP contribution is -2.27. The Bertz CT molecular complexity index is 1170. The molecule has 1 N–H and O–H groups in total. The summed E-state index contributed by atoms with van der Waals surface area (Å²) in [6.07, 6.45) is -4.86. The number of non-ortho nitro benzene ring substituents is 1. The van der Waals surface area contributed by atoms with Crippen LogP contribution in [0.1, 0.15) is 15.9 Å². The number of hydrogen-bond donors (Lipinski definition) is 1. The van der Waals surface area contributed by atoms with Gasteiger partial charge in [0.2, 0.25) is 0 Å². The number of alkyl halides is 3. The smallest absolute Gasteiger partial charge is 0.477 e. The van der Waals surface area contributed by atoms with Crippen LogP contribution in [-0.4, -0.2) is 26.9 Å². The highest BCUT2D eigenvalue weighted by atomic mass is 19.4. The average molecular weight is 408 g/mol. The molecule has 0 atom stereocenters. The molecule has 0 aliphatic heterocycles. The molecular formula is C18H11F3N2O6. The Morgan fingerprint density at radius 1 is 1.17 bits per heavy atom. The van der Waals surface area contributed by atoms with Crippen LogP contribution in [-0.2, 0) is 6.54 Å². The van der Waals surface area contributed by atoms with Gasteiger partial charge in [0.15, 0.2) is 0 Å². The number of pyridine rings is 1. The van der Waals surface area contributed by atoms with Crippen molar-refractivity contribution in [3.05, 3.63) is 80.1 Å². The number of fused-ring (bicyclic) bond motifs is 1. The minimum absolute atomic E-state index is 0.0495. The molecule has 0 amide bonds. The summed E-state index contributed by atoms with van der Waals surface area (Å²) in [6, 6.07) is 9.49. The summed E-state index contributed by atoms with van der Waals surface area (Å²) in [4.78, 5) is 34.6. The predicted molar refractivity (Wildman–Crippen MR) is 94.0 cm³/mol. The summed E-state index contributed by atoms with van der Waals surface area (Å²) in [5.74, 6) is -2.02. The van der Waals surface area contributed by atoms with Crippen LogP contribution < -0.4 is 10.3 Å². The van der Waals surface area contributed by atoms with Crippen molar-refractivity contribution in [1.29, 1.82) is 0 Å². The molecule has 0 aliphatic rings. The number of ether oxygens (including phenoxy) is 1. The van der Waals surface area contributed by atoms with E-state index in [4.69, 9.17) is 0 Å². The van der Waals surface area contributed by atoms with E-state index in [1.54, 1.807) is 0 Å². The van der Waals surface area contributed by atoms with Crippen molar-refractivity contribution in [3.8, 4) is 5.75 Å². The van der Waals surface area contributed by atoms with Gasteiger partial charge in [0.25, 0.3) is 11.2 Å². The maximum Gasteiger partial charge on any atom is 0.573 e. The molecule has 8 nitrogen and oxygen atoms in total. The molecule has 150 valence electrons. The Balaban J connectivity index is 2.12. The summed E-state index contributed by atoms with van der Waals surface area (Å²) >= 11 is 0. The second kappa shape index (κ2) is 7.26. The Morgan fingerprint density at radius 3 is 2.38 bits per heavy atom. The van der Waals surface area contributed by atoms with Crippen LogP contribution >= 0.6 is 0 Å². The number of benzene rings is 2. The van der Waals surface area contributed by atoms with Crippen LogP contribution in [0.5, 0.6) is 5.75 Å². The number of carbonyl (C=O) groups is 1. The SMILES string of the molecule is O=C(O)c1cc2c([N+](=O)[O-])cccc2n(Cc2ccc(OC(F)(F)F)cc2)c1=O. The van der Waals surface area contributed by atoms with Crippen LogP contribution in [0, 0.1) is 10.1 Å². The molecule has 1 heterocycles. The molecule has 0 saturated carbocycles. The topological polar surface area (TPSA) is 112 Å². The summed E-state index contributed by atoms with van der Waals surface area (Å²) in [6.45, 7) is -0.218. The molecule has 1 aromatic heterocycles. The number of hydrogen-bond acceptors (Lipinski definition) is 5. The maximum atomic E-state index is 12.6. The zero-order chi connectivity index (χ0) is 21.3. The Labute approximate surface area is 159 Å². The monoisotopic (exact) mass is 408 g/mol. The van der Waals surface area contributed by atoms with Crippen molar-refractivity contribution >= 4 is 22.6 Å². The van der Waals surface area contributed by atoms with E-state index in [2.05, 4.69) is 4.74 Å². The summed E-state index contributed by atoms with van der Waals surface area (Å²) in [7, 11) is 0.